The third kappa shape index (κ3) is 7.52. The summed E-state index contributed by atoms with van der Waals surface area (Å²) in [5.41, 5.74) is 5.86. The molecule has 0 aliphatic carbocycles. The van der Waals surface area contributed by atoms with Gasteiger partial charge in [-0.3, -0.25) is 9.59 Å². The number of nitrogens with one attached hydrogen (secondary N) is 2. The van der Waals surface area contributed by atoms with Crippen molar-refractivity contribution in [3.63, 3.8) is 0 Å². The van der Waals surface area contributed by atoms with E-state index in [2.05, 4.69) is 21.1 Å². The van der Waals surface area contributed by atoms with Crippen LogP contribution in [0.2, 0.25) is 0 Å². The minimum absolute atomic E-state index is 0.0958. The van der Waals surface area contributed by atoms with Crippen molar-refractivity contribution in [1.82, 2.24) is 10.9 Å². The molecule has 12 nitrogen and oxygen atoms in total. The predicted octanol–water partition coefficient (Wildman–Crippen LogP) is 2.12. The van der Waals surface area contributed by atoms with E-state index < -0.39 is 11.8 Å². The first kappa shape index (κ1) is 27.8. The molecule has 2 rings (SSSR count). The summed E-state index contributed by atoms with van der Waals surface area (Å²) in [6.07, 6.45) is 2.61. The van der Waals surface area contributed by atoms with Crippen molar-refractivity contribution in [2.75, 3.05) is 42.7 Å². The molecule has 0 saturated carbocycles. The van der Waals surface area contributed by atoms with E-state index in [1.165, 1.54) is 55.1 Å². The second kappa shape index (κ2) is 14.0. The number of rotatable bonds is 13. The van der Waals surface area contributed by atoms with Crippen molar-refractivity contribution in [3.05, 3.63) is 35.4 Å². The highest BCUT2D eigenvalue weighted by Crippen LogP contribution is 2.34. The van der Waals surface area contributed by atoms with Gasteiger partial charge in [0.05, 0.1) is 55.1 Å². The summed E-state index contributed by atoms with van der Waals surface area (Å²) in [6, 6.07) is 6.60. The first-order valence-corrected chi connectivity index (χ1v) is 10.6. The number of benzene rings is 2. The van der Waals surface area contributed by atoms with Crippen LogP contribution >= 0.6 is 0 Å². The summed E-state index contributed by atoms with van der Waals surface area (Å²) in [5, 5.41) is 7.82. The van der Waals surface area contributed by atoms with Gasteiger partial charge in [0.2, 0.25) is 11.8 Å². The summed E-state index contributed by atoms with van der Waals surface area (Å²) in [4.78, 5) is 24.1. The van der Waals surface area contributed by atoms with Gasteiger partial charge in [0, 0.05) is 36.1 Å². The Hall–Kier alpha value is -4.48. The highest BCUT2D eigenvalue weighted by Gasteiger charge is 2.12. The number of hydrogen-bond acceptors (Lipinski definition) is 10. The van der Waals surface area contributed by atoms with E-state index in [9.17, 15) is 9.59 Å². The monoisotopic (exact) mass is 502 g/mol. The average Bonchev–Trinajstić information content (AvgIpc) is 2.90. The molecule has 2 N–H and O–H groups in total. The molecule has 0 atom stereocenters. The zero-order chi connectivity index (χ0) is 26.5. The molecule has 0 aromatic heterocycles. The Morgan fingerprint density at radius 3 is 1.19 bits per heavy atom. The maximum atomic E-state index is 12.1. The molecule has 0 spiro atoms. The summed E-state index contributed by atoms with van der Waals surface area (Å²) >= 11 is 0. The number of amides is 2. The molecule has 0 bridgehead atoms. The molecule has 194 valence electrons. The molecule has 36 heavy (non-hydrogen) atoms. The summed E-state index contributed by atoms with van der Waals surface area (Å²) in [5.74, 6) is 2.01. The molecule has 0 saturated heterocycles. The van der Waals surface area contributed by atoms with Crippen molar-refractivity contribution in [1.29, 1.82) is 0 Å². The van der Waals surface area contributed by atoms with Gasteiger partial charge in [0.25, 0.3) is 0 Å². The fraction of sp³-hybridized carbons (Fsp3) is 0.333. The van der Waals surface area contributed by atoms with Gasteiger partial charge in [-0.2, -0.15) is 10.2 Å². The number of carbonyl (C=O) groups is 2. The summed E-state index contributed by atoms with van der Waals surface area (Å²) in [7, 11) is 9.04. The van der Waals surface area contributed by atoms with Crippen LogP contribution in [0, 0.1) is 0 Å². The van der Waals surface area contributed by atoms with Gasteiger partial charge < -0.3 is 28.4 Å². The van der Waals surface area contributed by atoms with Gasteiger partial charge in [0.15, 0.2) is 23.0 Å². The van der Waals surface area contributed by atoms with E-state index in [1.807, 2.05) is 0 Å². The molecule has 0 fully saturated rings. The first-order chi connectivity index (χ1) is 17.4. The highest BCUT2D eigenvalue weighted by molar-refractivity contribution is 5.89. The Morgan fingerprint density at radius 2 is 0.889 bits per heavy atom. The highest BCUT2D eigenvalue weighted by atomic mass is 16.5. The molecule has 2 aromatic rings. The van der Waals surface area contributed by atoms with Crippen LogP contribution in [-0.2, 0) is 9.59 Å². The molecule has 2 amide bonds. The van der Waals surface area contributed by atoms with Gasteiger partial charge in [-0.05, 0) is 12.1 Å². The molecule has 0 aliphatic heterocycles. The van der Waals surface area contributed by atoms with Crippen molar-refractivity contribution in [2.24, 2.45) is 10.2 Å². The summed E-state index contributed by atoms with van der Waals surface area (Å²) < 4.78 is 31.6. The lowest BCUT2D eigenvalue weighted by molar-refractivity contribution is -0.126. The van der Waals surface area contributed by atoms with Crippen LogP contribution in [0.4, 0.5) is 0 Å². The van der Waals surface area contributed by atoms with E-state index in [4.69, 9.17) is 28.4 Å². The second-order valence-electron chi connectivity index (χ2n) is 6.98. The molecule has 0 radical (unpaired) electrons. The van der Waals surface area contributed by atoms with Crippen LogP contribution in [-0.4, -0.2) is 66.9 Å². The number of ether oxygens (including phenoxy) is 6. The van der Waals surface area contributed by atoms with Crippen LogP contribution in [0.25, 0.3) is 0 Å². The maximum absolute atomic E-state index is 12.1. The van der Waals surface area contributed by atoms with Crippen molar-refractivity contribution >= 4 is 24.2 Å². The van der Waals surface area contributed by atoms with Crippen LogP contribution in [0.15, 0.2) is 34.5 Å². The van der Waals surface area contributed by atoms with Gasteiger partial charge in [-0.15, -0.1) is 0 Å². The zero-order valence-electron chi connectivity index (χ0n) is 21.0. The quantitative estimate of drug-likeness (QED) is 0.314. The molecule has 0 aliphatic rings. The summed E-state index contributed by atoms with van der Waals surface area (Å²) in [6.45, 7) is 0. The van der Waals surface area contributed by atoms with Crippen molar-refractivity contribution in [2.45, 2.75) is 12.8 Å². The lowest BCUT2D eigenvalue weighted by atomic mass is 10.2. The van der Waals surface area contributed by atoms with Gasteiger partial charge in [-0.25, -0.2) is 10.9 Å². The standard InChI is InChI=1S/C24H30N4O8/c1-31-17-11-21(35-5)19(33-3)9-15(17)13-25-27-23(29)7-8-24(30)28-26-14-16-10-20(34-4)22(36-6)12-18(16)32-2/h9-14H,7-8H2,1-6H3,(H,27,29)(H,28,30)/b25-13+,26-14+. The van der Waals surface area contributed by atoms with E-state index in [1.54, 1.807) is 24.3 Å². The minimum Gasteiger partial charge on any atom is -0.496 e. The number of hydrogen-bond donors (Lipinski definition) is 2. The molecule has 0 heterocycles. The van der Waals surface area contributed by atoms with Gasteiger partial charge in [-0.1, -0.05) is 0 Å². The lowest BCUT2D eigenvalue weighted by Crippen LogP contribution is -2.22. The van der Waals surface area contributed by atoms with Crippen LogP contribution in [0.1, 0.15) is 24.0 Å². The number of hydrazone groups is 2. The van der Waals surface area contributed by atoms with Gasteiger partial charge in [0.1, 0.15) is 11.5 Å². The predicted molar refractivity (Wildman–Crippen MR) is 133 cm³/mol. The van der Waals surface area contributed by atoms with Crippen LogP contribution in [0.5, 0.6) is 34.5 Å². The fourth-order valence-corrected chi connectivity index (χ4v) is 2.99. The molecule has 12 heteroatoms. The smallest absolute Gasteiger partial charge is 0.240 e. The van der Waals surface area contributed by atoms with Crippen molar-refractivity contribution < 1.29 is 38.0 Å². The zero-order valence-corrected chi connectivity index (χ0v) is 21.0. The Bertz CT molecular complexity index is 1030. The number of nitrogens with zero attached hydrogens (tertiary/aromatic N) is 2. The maximum Gasteiger partial charge on any atom is 0.240 e. The fourth-order valence-electron chi connectivity index (χ4n) is 2.99. The Balaban J connectivity index is 1.89. The largest absolute Gasteiger partial charge is 0.496 e. The molecule has 0 unspecified atom stereocenters. The number of carbonyl (C=O) groups excluding carboxylic acids is 2. The average molecular weight is 503 g/mol. The van der Waals surface area contributed by atoms with Crippen molar-refractivity contribution in [3.8, 4) is 34.5 Å². The SMILES string of the molecule is COc1cc(OC)c(OC)cc1/C=N/NC(=O)CCC(=O)N/N=C/c1cc(OC)c(OC)cc1OC. The lowest BCUT2D eigenvalue weighted by Gasteiger charge is -2.11. The third-order valence-electron chi connectivity index (χ3n) is 4.84. The van der Waals surface area contributed by atoms with E-state index >= 15 is 0 Å². The second-order valence-corrected chi connectivity index (χ2v) is 6.98. The topological polar surface area (TPSA) is 138 Å². The molecule has 2 aromatic carbocycles. The normalized spacial score (nSPS) is 10.7. The van der Waals surface area contributed by atoms with E-state index in [0.29, 0.717) is 45.6 Å². The molecular weight excluding hydrogens is 472 g/mol. The Labute approximate surface area is 209 Å². The van der Waals surface area contributed by atoms with Gasteiger partial charge >= 0.3 is 0 Å². The Morgan fingerprint density at radius 1 is 0.583 bits per heavy atom. The Kier molecular flexibility index (Phi) is 10.8. The third-order valence-corrected chi connectivity index (χ3v) is 4.84. The first-order valence-electron chi connectivity index (χ1n) is 10.6. The van der Waals surface area contributed by atoms with Crippen LogP contribution in [0.3, 0.4) is 0 Å². The number of methoxy groups -OCH3 is 6. The van der Waals surface area contributed by atoms with E-state index in [0.717, 1.165) is 0 Å². The van der Waals surface area contributed by atoms with Crippen LogP contribution < -0.4 is 39.3 Å². The molecular formula is C24H30N4O8. The van der Waals surface area contributed by atoms with E-state index in [-0.39, 0.29) is 12.8 Å². The minimum atomic E-state index is -0.452.